The number of nitrogens with one attached hydrogen (secondary N) is 1. The Morgan fingerprint density at radius 1 is 1.33 bits per heavy atom. The van der Waals surface area contributed by atoms with Crippen LogP contribution in [0, 0.1) is 0 Å². The Kier molecular flexibility index (Phi) is 4.15. The number of H-pyrrole nitrogens is 1. The maximum atomic E-state index is 12.4. The van der Waals surface area contributed by atoms with Crippen molar-refractivity contribution in [1.29, 1.82) is 0 Å². The van der Waals surface area contributed by atoms with Crippen LogP contribution >= 0.6 is 0 Å². The number of carbonyl (C=O) groups is 1. The van der Waals surface area contributed by atoms with Gasteiger partial charge in [0, 0.05) is 11.2 Å². The van der Waals surface area contributed by atoms with Crippen molar-refractivity contribution in [1.82, 2.24) is 4.98 Å². The van der Waals surface area contributed by atoms with Crippen molar-refractivity contribution < 1.29 is 43.4 Å². The van der Waals surface area contributed by atoms with Crippen molar-refractivity contribution in [2.24, 2.45) is 0 Å². The van der Waals surface area contributed by atoms with E-state index >= 15 is 0 Å². The van der Waals surface area contributed by atoms with Crippen LogP contribution < -0.4 is 18.9 Å². The van der Waals surface area contributed by atoms with Gasteiger partial charge in [-0.2, -0.15) is 13.2 Å². The van der Waals surface area contributed by atoms with Crippen molar-refractivity contribution in [3.63, 3.8) is 0 Å². The zero-order valence-electron chi connectivity index (χ0n) is 10.5. The fourth-order valence-corrected chi connectivity index (χ4v) is 1.62. The number of hydrogen-bond donors (Lipinski definition) is 2. The number of benzene rings is 1. The van der Waals surface area contributed by atoms with Gasteiger partial charge in [0.25, 0.3) is 0 Å². The first-order chi connectivity index (χ1) is 7.86. The van der Waals surface area contributed by atoms with Crippen LogP contribution in [0.15, 0.2) is 24.3 Å². The van der Waals surface area contributed by atoms with Gasteiger partial charge in [0.2, 0.25) is 0 Å². The smallest absolute Gasteiger partial charge is 1.00 e. The minimum Gasteiger partial charge on any atom is -1.00 e. The molecule has 0 amide bonds. The third-order valence-corrected chi connectivity index (χ3v) is 2.35. The van der Waals surface area contributed by atoms with Crippen molar-refractivity contribution in [3.05, 3.63) is 35.5 Å². The van der Waals surface area contributed by atoms with E-state index in [4.69, 9.17) is 5.11 Å². The third kappa shape index (κ3) is 3.09. The minimum absolute atomic E-state index is 0. The summed E-state index contributed by atoms with van der Waals surface area (Å²) in [7, 11) is 0. The molecule has 2 rings (SSSR count). The minimum atomic E-state index is -4.40. The molecule has 92 valence electrons. The van der Waals surface area contributed by atoms with Gasteiger partial charge in [-0.25, -0.2) is 0 Å². The van der Waals surface area contributed by atoms with E-state index in [2.05, 4.69) is 4.98 Å². The predicted octanol–water partition coefficient (Wildman–Crippen LogP) is -0.0697. The van der Waals surface area contributed by atoms with Gasteiger partial charge in [0.15, 0.2) is 0 Å². The Bertz CT molecular complexity index is 583. The van der Waals surface area contributed by atoms with Crippen LogP contribution in [0.2, 0.25) is 0 Å². The standard InChI is InChI=1S/C11H8F3NO2.Li.H/c12-11(13,14)7-2-1-6-3-8(5-10(16)17)15-9(6)4-7;;/h1-4,15H,5H2,(H,16,17);;/q;+1;-1. The zero-order valence-corrected chi connectivity index (χ0v) is 9.51. The number of alkyl halides is 3. The average molecular weight is 251 g/mol. The molecule has 1 heterocycles. The fraction of sp³-hybridized carbons (Fsp3) is 0.182. The molecule has 0 saturated carbocycles. The van der Waals surface area contributed by atoms with Crippen molar-refractivity contribution in [2.75, 3.05) is 0 Å². The van der Waals surface area contributed by atoms with E-state index in [1.807, 2.05) is 0 Å². The Morgan fingerprint density at radius 2 is 2.00 bits per heavy atom. The SMILES string of the molecule is O=C(O)Cc1cc2ccc(C(F)(F)F)cc2[nH]1.[H-].[Li+]. The summed E-state index contributed by atoms with van der Waals surface area (Å²) in [5.41, 5.74) is -0.0865. The Labute approximate surface area is 114 Å². The first-order valence-corrected chi connectivity index (χ1v) is 4.77. The number of carboxylic acids is 1. The number of halogens is 3. The second kappa shape index (κ2) is 5.08. The summed E-state index contributed by atoms with van der Waals surface area (Å²) in [6.45, 7) is 0. The van der Waals surface area contributed by atoms with Crippen LogP contribution in [0.1, 0.15) is 12.7 Å². The first-order valence-electron chi connectivity index (χ1n) is 4.77. The van der Waals surface area contributed by atoms with Crippen LogP contribution in [0.25, 0.3) is 10.9 Å². The van der Waals surface area contributed by atoms with Crippen LogP contribution in [-0.4, -0.2) is 16.1 Å². The van der Waals surface area contributed by atoms with Gasteiger partial charge in [0.05, 0.1) is 12.0 Å². The second-order valence-electron chi connectivity index (χ2n) is 3.66. The maximum Gasteiger partial charge on any atom is 1.00 e. The largest absolute Gasteiger partial charge is 1.00 e. The summed E-state index contributed by atoms with van der Waals surface area (Å²) in [5, 5.41) is 9.14. The molecule has 0 saturated heterocycles. The maximum absolute atomic E-state index is 12.4. The molecule has 0 aliphatic carbocycles. The molecular formula is C11H9F3LiNO2. The quantitative estimate of drug-likeness (QED) is 0.734. The summed E-state index contributed by atoms with van der Waals surface area (Å²) in [6.07, 6.45) is -4.64. The molecular weight excluding hydrogens is 242 g/mol. The van der Waals surface area contributed by atoms with Gasteiger partial charge >= 0.3 is 31.0 Å². The molecule has 3 nitrogen and oxygen atoms in total. The number of aromatic amines is 1. The number of fused-ring (bicyclic) bond motifs is 1. The molecule has 18 heavy (non-hydrogen) atoms. The molecule has 0 spiro atoms. The summed E-state index contributed by atoms with van der Waals surface area (Å²) in [4.78, 5) is 13.1. The molecule has 0 unspecified atom stereocenters. The van der Waals surface area contributed by atoms with Gasteiger partial charge in [0.1, 0.15) is 0 Å². The van der Waals surface area contributed by atoms with Crippen LogP contribution in [-0.2, 0) is 17.4 Å². The Hall–Kier alpha value is -1.38. The van der Waals surface area contributed by atoms with E-state index in [0.717, 1.165) is 12.1 Å². The summed E-state index contributed by atoms with van der Waals surface area (Å²) in [5.74, 6) is -1.03. The number of aromatic nitrogens is 1. The molecule has 0 aliphatic heterocycles. The molecule has 0 atom stereocenters. The number of aliphatic carboxylic acids is 1. The van der Waals surface area contributed by atoms with Crippen LogP contribution in [0.5, 0.6) is 0 Å². The van der Waals surface area contributed by atoms with Crippen molar-refractivity contribution in [2.45, 2.75) is 12.6 Å². The van der Waals surface area contributed by atoms with E-state index in [0.29, 0.717) is 11.1 Å². The molecule has 0 bridgehead atoms. The van der Waals surface area contributed by atoms with Crippen LogP contribution in [0.3, 0.4) is 0 Å². The van der Waals surface area contributed by atoms with Gasteiger partial charge in [-0.05, 0) is 23.6 Å². The van der Waals surface area contributed by atoms with E-state index in [1.165, 1.54) is 12.1 Å². The molecule has 2 aromatic rings. The van der Waals surface area contributed by atoms with Crippen molar-refractivity contribution >= 4 is 16.9 Å². The Balaban J connectivity index is 0.00000162. The molecule has 0 aliphatic rings. The fourth-order valence-electron chi connectivity index (χ4n) is 1.62. The summed E-state index contributed by atoms with van der Waals surface area (Å²) < 4.78 is 37.3. The van der Waals surface area contributed by atoms with E-state index < -0.39 is 17.7 Å². The molecule has 0 fully saturated rings. The second-order valence-corrected chi connectivity index (χ2v) is 3.66. The molecule has 7 heteroatoms. The number of carboxylic acid groups (broad SMARTS) is 1. The zero-order chi connectivity index (χ0) is 12.6. The summed E-state index contributed by atoms with van der Waals surface area (Å²) >= 11 is 0. The summed E-state index contributed by atoms with van der Waals surface area (Å²) in [6, 6.07) is 4.80. The predicted molar refractivity (Wildman–Crippen MR) is 55.8 cm³/mol. The monoisotopic (exact) mass is 251 g/mol. The topological polar surface area (TPSA) is 53.1 Å². The normalized spacial score (nSPS) is 11.3. The van der Waals surface area contributed by atoms with Crippen LogP contribution in [0.4, 0.5) is 13.2 Å². The molecule has 1 aromatic carbocycles. The van der Waals surface area contributed by atoms with E-state index in [9.17, 15) is 18.0 Å². The van der Waals surface area contributed by atoms with Gasteiger partial charge < -0.3 is 11.5 Å². The molecule has 1 aromatic heterocycles. The van der Waals surface area contributed by atoms with E-state index in [1.54, 1.807) is 0 Å². The number of rotatable bonds is 2. The van der Waals surface area contributed by atoms with Crippen molar-refractivity contribution in [3.8, 4) is 0 Å². The first kappa shape index (κ1) is 14.7. The Morgan fingerprint density at radius 3 is 2.56 bits per heavy atom. The van der Waals surface area contributed by atoms with Gasteiger partial charge in [-0.1, -0.05) is 6.07 Å². The molecule has 2 N–H and O–H groups in total. The molecule has 0 radical (unpaired) electrons. The average Bonchev–Trinajstić information content (AvgIpc) is 2.55. The van der Waals surface area contributed by atoms with Gasteiger partial charge in [-0.15, -0.1) is 0 Å². The van der Waals surface area contributed by atoms with E-state index in [-0.39, 0.29) is 32.2 Å². The number of hydrogen-bond acceptors (Lipinski definition) is 1. The van der Waals surface area contributed by atoms with Gasteiger partial charge in [-0.3, -0.25) is 4.79 Å². The third-order valence-electron chi connectivity index (χ3n) is 2.35.